The second-order valence-corrected chi connectivity index (χ2v) is 4.55. The maximum Gasteiger partial charge on any atom is 0.272 e. The molecule has 0 bridgehead atoms. The third-order valence-corrected chi connectivity index (χ3v) is 2.96. The van der Waals surface area contributed by atoms with Crippen LogP contribution in [0.1, 0.15) is 5.56 Å². The zero-order chi connectivity index (χ0) is 14.7. The van der Waals surface area contributed by atoms with Crippen molar-refractivity contribution < 1.29 is 14.1 Å². The van der Waals surface area contributed by atoms with Gasteiger partial charge in [0.15, 0.2) is 11.6 Å². The highest BCUT2D eigenvalue weighted by Gasteiger charge is 2.12. The van der Waals surface area contributed by atoms with E-state index in [1.165, 1.54) is 18.3 Å². The molecule has 0 spiro atoms. The number of nitrogens with zero attached hydrogens (tertiary/aromatic N) is 2. The third-order valence-electron chi connectivity index (χ3n) is 2.41. The molecule has 104 valence electrons. The van der Waals surface area contributed by atoms with E-state index in [0.717, 1.165) is 12.1 Å². The summed E-state index contributed by atoms with van der Waals surface area (Å²) in [5.41, 5.74) is 0.176. The Morgan fingerprint density at radius 1 is 1.35 bits per heavy atom. The highest BCUT2D eigenvalue weighted by molar-refractivity contribution is 6.34. The average molecular weight is 317 g/mol. The van der Waals surface area contributed by atoms with Crippen molar-refractivity contribution in [2.45, 2.75) is 6.61 Å². The van der Waals surface area contributed by atoms with Gasteiger partial charge >= 0.3 is 0 Å². The monoisotopic (exact) mass is 316 g/mol. The summed E-state index contributed by atoms with van der Waals surface area (Å²) in [6.07, 6.45) is 1.41. The van der Waals surface area contributed by atoms with Crippen molar-refractivity contribution in [2.75, 3.05) is 0 Å². The first-order chi connectivity index (χ1) is 9.47. The van der Waals surface area contributed by atoms with Crippen LogP contribution in [0.3, 0.4) is 0 Å². The molecule has 2 rings (SSSR count). The van der Waals surface area contributed by atoms with Crippen molar-refractivity contribution in [2.24, 2.45) is 0 Å². The topological polar surface area (TPSA) is 65.3 Å². The molecular weight excluding hydrogens is 310 g/mol. The number of halogens is 3. The zero-order valence-corrected chi connectivity index (χ0v) is 11.4. The normalized spacial score (nSPS) is 10.3. The molecule has 0 amide bonds. The van der Waals surface area contributed by atoms with Gasteiger partial charge in [0.1, 0.15) is 11.8 Å². The summed E-state index contributed by atoms with van der Waals surface area (Å²) in [5, 5.41) is 11.1. The number of hydrogen-bond donors (Lipinski definition) is 0. The molecule has 0 aliphatic carbocycles. The Balaban J connectivity index is 2.13. The van der Waals surface area contributed by atoms with E-state index < -0.39 is 10.7 Å². The molecule has 0 saturated carbocycles. The number of ether oxygens (including phenoxy) is 1. The van der Waals surface area contributed by atoms with Crippen LogP contribution in [-0.2, 0) is 6.61 Å². The lowest BCUT2D eigenvalue weighted by Gasteiger charge is -2.08. The first-order valence-corrected chi connectivity index (χ1v) is 6.09. The molecule has 0 aliphatic heterocycles. The molecule has 0 aliphatic rings. The predicted molar refractivity (Wildman–Crippen MR) is 71.6 cm³/mol. The van der Waals surface area contributed by atoms with Crippen LogP contribution >= 0.6 is 23.2 Å². The maximum absolute atomic E-state index is 13.6. The van der Waals surface area contributed by atoms with E-state index in [1.54, 1.807) is 0 Å². The van der Waals surface area contributed by atoms with E-state index in [1.807, 2.05) is 0 Å². The number of hydrogen-bond acceptors (Lipinski definition) is 4. The highest BCUT2D eigenvalue weighted by Crippen LogP contribution is 2.25. The highest BCUT2D eigenvalue weighted by atomic mass is 35.5. The van der Waals surface area contributed by atoms with Gasteiger partial charge in [0.2, 0.25) is 0 Å². The van der Waals surface area contributed by atoms with Crippen molar-refractivity contribution in [1.82, 2.24) is 4.98 Å². The van der Waals surface area contributed by atoms with Gasteiger partial charge in [-0.15, -0.1) is 0 Å². The van der Waals surface area contributed by atoms with E-state index in [0.29, 0.717) is 10.6 Å². The second kappa shape index (κ2) is 6.02. The first kappa shape index (κ1) is 14.5. The lowest BCUT2D eigenvalue weighted by atomic mass is 10.3. The Hall–Kier alpha value is -1.92. The van der Waals surface area contributed by atoms with Gasteiger partial charge in [-0.05, 0) is 12.1 Å². The lowest BCUT2D eigenvalue weighted by molar-refractivity contribution is -0.385. The molecule has 0 radical (unpaired) electrons. The lowest BCUT2D eigenvalue weighted by Crippen LogP contribution is -1.99. The van der Waals surface area contributed by atoms with Crippen LogP contribution in [0.2, 0.25) is 10.2 Å². The minimum atomic E-state index is -0.822. The van der Waals surface area contributed by atoms with Gasteiger partial charge < -0.3 is 4.74 Å². The summed E-state index contributed by atoms with van der Waals surface area (Å²) >= 11 is 11.6. The van der Waals surface area contributed by atoms with E-state index >= 15 is 0 Å². The summed E-state index contributed by atoms with van der Waals surface area (Å²) < 4.78 is 18.8. The molecule has 5 nitrogen and oxygen atoms in total. The van der Waals surface area contributed by atoms with Crippen LogP contribution in [0.15, 0.2) is 30.5 Å². The fraction of sp³-hybridized carbons (Fsp3) is 0.0833. The quantitative estimate of drug-likeness (QED) is 0.485. The summed E-state index contributed by atoms with van der Waals surface area (Å²) in [6, 6.07) is 4.57. The third kappa shape index (κ3) is 3.34. The minimum Gasteiger partial charge on any atom is -0.486 e. The van der Waals surface area contributed by atoms with Crippen molar-refractivity contribution in [1.29, 1.82) is 0 Å². The number of non-ortho nitro benzene ring substituents is 1. The molecule has 1 heterocycles. The molecule has 0 N–H and O–H groups in total. The minimum absolute atomic E-state index is 0.0300. The van der Waals surface area contributed by atoms with Crippen LogP contribution in [-0.4, -0.2) is 9.91 Å². The Morgan fingerprint density at radius 2 is 2.10 bits per heavy atom. The molecule has 1 aromatic heterocycles. The van der Waals surface area contributed by atoms with Gasteiger partial charge in [0.25, 0.3) is 5.69 Å². The Labute approximate surface area is 123 Å². The Morgan fingerprint density at radius 3 is 2.70 bits per heavy atom. The average Bonchev–Trinajstić information content (AvgIpc) is 2.38. The molecule has 0 unspecified atom stereocenters. The van der Waals surface area contributed by atoms with Crippen molar-refractivity contribution in [3.8, 4) is 5.75 Å². The number of aromatic nitrogens is 1. The van der Waals surface area contributed by atoms with Gasteiger partial charge in [0.05, 0.1) is 16.0 Å². The number of nitro groups is 1. The molecule has 0 fully saturated rings. The number of benzene rings is 1. The number of nitro benzene ring substituents is 1. The Kier molecular flexibility index (Phi) is 4.36. The first-order valence-electron chi connectivity index (χ1n) is 5.34. The van der Waals surface area contributed by atoms with Gasteiger partial charge in [-0.25, -0.2) is 9.37 Å². The fourth-order valence-corrected chi connectivity index (χ4v) is 1.84. The van der Waals surface area contributed by atoms with E-state index in [9.17, 15) is 14.5 Å². The van der Waals surface area contributed by atoms with Crippen LogP contribution in [0, 0.1) is 15.9 Å². The van der Waals surface area contributed by atoms with Crippen LogP contribution in [0.25, 0.3) is 0 Å². The summed E-state index contributed by atoms with van der Waals surface area (Å²) in [5.74, 6) is -0.932. The molecule has 0 saturated heterocycles. The van der Waals surface area contributed by atoms with Gasteiger partial charge in [-0.3, -0.25) is 10.1 Å². The summed E-state index contributed by atoms with van der Waals surface area (Å²) in [6.45, 7) is -0.0300. The SMILES string of the molecule is O=[N+]([O-])c1ccc(OCc2cnc(Cl)cc2Cl)c(F)c1. The smallest absolute Gasteiger partial charge is 0.272 e. The van der Waals surface area contributed by atoms with Gasteiger partial charge in [-0.2, -0.15) is 0 Å². The molecule has 8 heteroatoms. The predicted octanol–water partition coefficient (Wildman–Crippen LogP) is 4.01. The fourth-order valence-electron chi connectivity index (χ4n) is 1.42. The van der Waals surface area contributed by atoms with Gasteiger partial charge in [-0.1, -0.05) is 23.2 Å². The maximum atomic E-state index is 13.6. The molecule has 2 aromatic rings. The molecular formula is C12H7Cl2FN2O3. The van der Waals surface area contributed by atoms with E-state index in [-0.39, 0.29) is 23.2 Å². The standard InChI is InChI=1S/C12H7Cl2FN2O3/c13-9-4-12(14)16-5-7(9)6-20-11-2-1-8(17(18)19)3-10(11)15/h1-5H,6H2. The van der Waals surface area contributed by atoms with Crippen molar-refractivity contribution in [3.63, 3.8) is 0 Å². The largest absolute Gasteiger partial charge is 0.486 e. The Bertz CT molecular complexity index is 667. The van der Waals surface area contributed by atoms with Crippen molar-refractivity contribution in [3.05, 3.63) is 62.1 Å². The van der Waals surface area contributed by atoms with Crippen LogP contribution < -0.4 is 4.74 Å². The van der Waals surface area contributed by atoms with Crippen LogP contribution in [0.4, 0.5) is 10.1 Å². The number of rotatable bonds is 4. The second-order valence-electron chi connectivity index (χ2n) is 3.76. The number of pyridine rings is 1. The van der Waals surface area contributed by atoms with Crippen LogP contribution in [0.5, 0.6) is 5.75 Å². The van der Waals surface area contributed by atoms with Crippen molar-refractivity contribution >= 4 is 28.9 Å². The van der Waals surface area contributed by atoms with E-state index in [4.69, 9.17) is 27.9 Å². The molecule has 0 atom stereocenters. The molecule has 1 aromatic carbocycles. The summed E-state index contributed by atoms with van der Waals surface area (Å²) in [4.78, 5) is 13.6. The summed E-state index contributed by atoms with van der Waals surface area (Å²) in [7, 11) is 0. The van der Waals surface area contributed by atoms with E-state index in [2.05, 4.69) is 4.98 Å². The zero-order valence-electron chi connectivity index (χ0n) is 9.85. The molecule has 20 heavy (non-hydrogen) atoms. The van der Waals surface area contributed by atoms with Gasteiger partial charge in [0, 0.05) is 17.8 Å².